The van der Waals surface area contributed by atoms with Crippen LogP contribution in [0, 0.1) is 11.3 Å². The Kier molecular flexibility index (Phi) is 4.55. The Labute approximate surface area is 104 Å². The molecule has 4 N–H and O–H groups in total. The summed E-state index contributed by atoms with van der Waals surface area (Å²) in [6.07, 6.45) is 1.58. The molecule has 6 heteroatoms. The second-order valence-electron chi connectivity index (χ2n) is 3.19. The summed E-state index contributed by atoms with van der Waals surface area (Å²) >= 11 is 1.19. The number of nitrogens with zero attached hydrogens (tertiary/aromatic N) is 1. The van der Waals surface area contributed by atoms with Crippen molar-refractivity contribution in [3.8, 4) is 6.07 Å². The van der Waals surface area contributed by atoms with Crippen LogP contribution in [-0.4, -0.2) is 19.0 Å². The number of amides is 1. The predicted octanol–water partition coefficient (Wildman–Crippen LogP) is 1.55. The van der Waals surface area contributed by atoms with Crippen molar-refractivity contribution in [2.45, 2.75) is 6.92 Å². The molecular weight excluding hydrogens is 236 g/mol. The number of anilines is 2. The number of carbonyl (C=O) groups excluding carboxylic acids is 1. The number of carbonyl (C=O) groups is 1. The lowest BCUT2D eigenvalue weighted by Gasteiger charge is -1.99. The van der Waals surface area contributed by atoms with Crippen molar-refractivity contribution in [1.82, 2.24) is 5.32 Å². The first-order valence-electron chi connectivity index (χ1n) is 5.11. The molecule has 0 unspecified atom stereocenters. The van der Waals surface area contributed by atoms with Crippen molar-refractivity contribution in [2.24, 2.45) is 0 Å². The molecule has 1 aromatic heterocycles. The largest absolute Gasteiger partial charge is 0.396 e. The maximum atomic E-state index is 11.7. The molecule has 5 nitrogen and oxygen atoms in total. The summed E-state index contributed by atoms with van der Waals surface area (Å²) in [5, 5.41) is 15.3. The van der Waals surface area contributed by atoms with Crippen LogP contribution in [0.15, 0.2) is 12.7 Å². The average Bonchev–Trinajstić information content (AvgIpc) is 2.63. The van der Waals surface area contributed by atoms with Gasteiger partial charge in [0.2, 0.25) is 0 Å². The smallest absolute Gasteiger partial charge is 0.263 e. The van der Waals surface area contributed by atoms with Crippen molar-refractivity contribution < 1.29 is 4.79 Å². The quantitative estimate of drug-likeness (QED) is 0.691. The lowest BCUT2D eigenvalue weighted by Crippen LogP contribution is -2.23. The van der Waals surface area contributed by atoms with E-state index in [2.05, 4.69) is 17.2 Å². The van der Waals surface area contributed by atoms with E-state index in [9.17, 15) is 4.79 Å². The Morgan fingerprint density at radius 3 is 2.94 bits per heavy atom. The van der Waals surface area contributed by atoms with Gasteiger partial charge in [-0.05, 0) is 6.92 Å². The van der Waals surface area contributed by atoms with Gasteiger partial charge in [0.15, 0.2) is 0 Å². The molecule has 1 aromatic rings. The third-order valence-corrected chi connectivity index (χ3v) is 3.17. The molecule has 0 atom stereocenters. The maximum absolute atomic E-state index is 11.7. The summed E-state index contributed by atoms with van der Waals surface area (Å²) in [7, 11) is 0. The average molecular weight is 250 g/mol. The Morgan fingerprint density at radius 1 is 1.71 bits per heavy atom. The monoisotopic (exact) mass is 250 g/mol. The minimum absolute atomic E-state index is 0.231. The molecule has 0 saturated carbocycles. The summed E-state index contributed by atoms with van der Waals surface area (Å²) in [4.78, 5) is 12.1. The molecule has 17 heavy (non-hydrogen) atoms. The molecule has 0 radical (unpaired) electrons. The molecule has 0 bridgehead atoms. The van der Waals surface area contributed by atoms with E-state index in [-0.39, 0.29) is 11.6 Å². The molecule has 90 valence electrons. The number of nitrogen functional groups attached to an aromatic ring is 1. The Hall–Kier alpha value is -2.00. The van der Waals surface area contributed by atoms with Crippen LogP contribution in [0.4, 0.5) is 10.7 Å². The molecule has 0 aliphatic rings. The number of nitrogens with one attached hydrogen (secondary N) is 2. The fourth-order valence-corrected chi connectivity index (χ4v) is 2.31. The van der Waals surface area contributed by atoms with E-state index in [4.69, 9.17) is 11.0 Å². The van der Waals surface area contributed by atoms with Crippen molar-refractivity contribution in [3.63, 3.8) is 0 Å². The van der Waals surface area contributed by atoms with E-state index in [0.717, 1.165) is 0 Å². The highest BCUT2D eigenvalue weighted by Crippen LogP contribution is 2.34. The van der Waals surface area contributed by atoms with Crippen LogP contribution in [-0.2, 0) is 0 Å². The van der Waals surface area contributed by atoms with Crippen LogP contribution in [0.2, 0.25) is 0 Å². The van der Waals surface area contributed by atoms with Gasteiger partial charge in [0.1, 0.15) is 21.5 Å². The SMILES string of the molecule is C=CCNC(=O)c1sc(NCC)c(C#N)c1N. The van der Waals surface area contributed by atoms with Gasteiger partial charge in [-0.2, -0.15) is 5.26 Å². The molecule has 1 rings (SSSR count). The van der Waals surface area contributed by atoms with E-state index in [0.29, 0.717) is 28.5 Å². The van der Waals surface area contributed by atoms with E-state index in [1.54, 1.807) is 6.08 Å². The van der Waals surface area contributed by atoms with Crippen LogP contribution in [0.25, 0.3) is 0 Å². The topological polar surface area (TPSA) is 90.9 Å². The highest BCUT2D eigenvalue weighted by atomic mass is 32.1. The Morgan fingerprint density at radius 2 is 2.41 bits per heavy atom. The molecule has 1 amide bonds. The van der Waals surface area contributed by atoms with Crippen LogP contribution >= 0.6 is 11.3 Å². The fourth-order valence-electron chi connectivity index (χ4n) is 1.25. The van der Waals surface area contributed by atoms with Gasteiger partial charge in [0.05, 0.1) is 5.69 Å². The van der Waals surface area contributed by atoms with Crippen LogP contribution in [0.5, 0.6) is 0 Å². The van der Waals surface area contributed by atoms with Gasteiger partial charge >= 0.3 is 0 Å². The number of nitrogens with two attached hydrogens (primary N) is 1. The summed E-state index contributed by atoms with van der Waals surface area (Å²) in [5.41, 5.74) is 6.34. The van der Waals surface area contributed by atoms with Gasteiger partial charge < -0.3 is 16.4 Å². The standard InChI is InChI=1S/C11H14N4OS/c1-3-5-15-10(16)9-8(13)7(6-12)11(17-9)14-4-2/h3,14H,1,4-5,13H2,2H3,(H,15,16). The number of nitriles is 1. The first-order valence-corrected chi connectivity index (χ1v) is 5.92. The molecule has 0 spiro atoms. The molecule has 0 aliphatic carbocycles. The van der Waals surface area contributed by atoms with Crippen LogP contribution < -0.4 is 16.4 Å². The molecule has 0 aromatic carbocycles. The van der Waals surface area contributed by atoms with Crippen molar-refractivity contribution in [2.75, 3.05) is 24.1 Å². The first-order chi connectivity index (χ1) is 8.15. The zero-order valence-corrected chi connectivity index (χ0v) is 10.4. The zero-order valence-electron chi connectivity index (χ0n) is 9.54. The van der Waals surface area contributed by atoms with E-state index in [1.165, 1.54) is 11.3 Å². The predicted molar refractivity (Wildman–Crippen MR) is 70.1 cm³/mol. The van der Waals surface area contributed by atoms with E-state index >= 15 is 0 Å². The fraction of sp³-hybridized carbons (Fsp3) is 0.273. The minimum Gasteiger partial charge on any atom is -0.396 e. The molecule has 0 fully saturated rings. The van der Waals surface area contributed by atoms with E-state index < -0.39 is 0 Å². The highest BCUT2D eigenvalue weighted by Gasteiger charge is 2.20. The second kappa shape index (κ2) is 5.92. The van der Waals surface area contributed by atoms with Gasteiger partial charge in [-0.15, -0.1) is 17.9 Å². The third kappa shape index (κ3) is 2.77. The van der Waals surface area contributed by atoms with Crippen molar-refractivity contribution in [1.29, 1.82) is 5.26 Å². The van der Waals surface area contributed by atoms with E-state index in [1.807, 2.05) is 13.0 Å². The lowest BCUT2D eigenvalue weighted by atomic mass is 10.2. The lowest BCUT2D eigenvalue weighted by molar-refractivity contribution is 0.0963. The molecule has 0 aliphatic heterocycles. The number of hydrogen-bond donors (Lipinski definition) is 3. The van der Waals surface area contributed by atoms with Crippen LogP contribution in [0.1, 0.15) is 22.2 Å². The Bertz CT molecular complexity index is 473. The molecule has 0 saturated heterocycles. The van der Waals surface area contributed by atoms with Gasteiger partial charge in [0, 0.05) is 13.1 Å². The zero-order chi connectivity index (χ0) is 12.8. The molecular formula is C11H14N4OS. The Balaban J connectivity index is 3.05. The van der Waals surface area contributed by atoms with Gasteiger partial charge in [-0.3, -0.25) is 4.79 Å². The van der Waals surface area contributed by atoms with Crippen LogP contribution in [0.3, 0.4) is 0 Å². The van der Waals surface area contributed by atoms with Gasteiger partial charge in [-0.1, -0.05) is 6.08 Å². The van der Waals surface area contributed by atoms with Crippen molar-refractivity contribution >= 4 is 27.9 Å². The first kappa shape index (κ1) is 13.1. The highest BCUT2D eigenvalue weighted by molar-refractivity contribution is 7.18. The summed E-state index contributed by atoms with van der Waals surface area (Å²) in [6, 6.07) is 2.00. The minimum atomic E-state index is -0.284. The number of hydrogen-bond acceptors (Lipinski definition) is 5. The third-order valence-electron chi connectivity index (χ3n) is 2.01. The second-order valence-corrected chi connectivity index (χ2v) is 4.21. The van der Waals surface area contributed by atoms with Crippen molar-refractivity contribution in [3.05, 3.63) is 23.1 Å². The molecule has 1 heterocycles. The van der Waals surface area contributed by atoms with Gasteiger partial charge in [0.25, 0.3) is 5.91 Å². The summed E-state index contributed by atoms with van der Waals surface area (Å²) in [6.45, 7) is 6.46. The summed E-state index contributed by atoms with van der Waals surface area (Å²) in [5.74, 6) is -0.284. The number of thiophene rings is 1. The maximum Gasteiger partial charge on any atom is 0.263 e. The number of rotatable bonds is 5. The summed E-state index contributed by atoms with van der Waals surface area (Å²) < 4.78 is 0. The normalized spacial score (nSPS) is 9.41. The van der Waals surface area contributed by atoms with Gasteiger partial charge in [-0.25, -0.2) is 0 Å².